The van der Waals surface area contributed by atoms with E-state index < -0.39 is 5.82 Å². The summed E-state index contributed by atoms with van der Waals surface area (Å²) >= 11 is 3.12. The molecule has 5 heteroatoms. The molecule has 1 aromatic carbocycles. The van der Waals surface area contributed by atoms with Crippen LogP contribution in [0.5, 0.6) is 0 Å². The first-order chi connectivity index (χ1) is 7.59. The third-order valence-corrected chi connectivity index (χ3v) is 3.14. The molecule has 16 heavy (non-hydrogen) atoms. The molecule has 1 saturated heterocycles. The second-order valence-electron chi connectivity index (χ2n) is 3.58. The molecule has 0 aliphatic carbocycles. The third-order valence-electron chi connectivity index (χ3n) is 2.48. The maximum absolute atomic E-state index is 12.8. The van der Waals surface area contributed by atoms with E-state index in [1.54, 1.807) is 0 Å². The molecule has 0 bridgehead atoms. The Hall–Kier alpha value is -1.23. The van der Waals surface area contributed by atoms with Gasteiger partial charge in [-0.25, -0.2) is 4.39 Å². The number of carbonyl (C=O) groups is 2. The minimum atomic E-state index is -0.420. The molecule has 84 valence electrons. The van der Waals surface area contributed by atoms with Crippen LogP contribution in [0.1, 0.15) is 23.2 Å². The normalized spacial score (nSPS) is 15.6. The predicted molar refractivity (Wildman–Crippen MR) is 59.4 cm³/mol. The van der Waals surface area contributed by atoms with E-state index in [0.717, 1.165) is 0 Å². The van der Waals surface area contributed by atoms with Gasteiger partial charge in [-0.3, -0.25) is 14.5 Å². The van der Waals surface area contributed by atoms with Gasteiger partial charge in [0.25, 0.3) is 5.91 Å². The first-order valence-corrected chi connectivity index (χ1v) is 5.68. The molecule has 1 fully saturated rings. The second-order valence-corrected chi connectivity index (χ2v) is 4.43. The lowest BCUT2D eigenvalue weighted by Crippen LogP contribution is -2.32. The van der Waals surface area contributed by atoms with E-state index in [9.17, 15) is 14.0 Å². The van der Waals surface area contributed by atoms with E-state index >= 15 is 0 Å². The molecule has 1 aliphatic heterocycles. The van der Waals surface area contributed by atoms with E-state index in [1.807, 2.05) is 0 Å². The lowest BCUT2D eigenvalue weighted by atomic mass is 10.2. The Morgan fingerprint density at radius 2 is 2.19 bits per heavy atom. The Kier molecular flexibility index (Phi) is 3.05. The molecule has 0 aromatic heterocycles. The van der Waals surface area contributed by atoms with Crippen LogP contribution in [-0.2, 0) is 4.79 Å². The van der Waals surface area contributed by atoms with Crippen molar-refractivity contribution in [3.05, 3.63) is 34.1 Å². The van der Waals surface area contributed by atoms with Crippen LogP contribution in [0.25, 0.3) is 0 Å². The molecule has 1 heterocycles. The highest BCUT2D eigenvalue weighted by atomic mass is 79.9. The summed E-state index contributed by atoms with van der Waals surface area (Å²) in [5.41, 5.74) is 0.316. The lowest BCUT2D eigenvalue weighted by molar-refractivity contribution is -0.125. The number of amides is 2. The number of rotatable bonds is 1. The Bertz CT molecular complexity index is 461. The predicted octanol–water partition coefficient (Wildman–Crippen LogP) is 2.35. The third kappa shape index (κ3) is 2.00. The molecular weight excluding hydrogens is 277 g/mol. The van der Waals surface area contributed by atoms with Crippen molar-refractivity contribution in [1.82, 2.24) is 4.90 Å². The molecule has 0 unspecified atom stereocenters. The van der Waals surface area contributed by atoms with Gasteiger partial charge in [0.05, 0.1) is 5.56 Å². The number of carbonyl (C=O) groups excluding carboxylic acids is 2. The van der Waals surface area contributed by atoms with Gasteiger partial charge in [-0.2, -0.15) is 0 Å². The highest BCUT2D eigenvalue weighted by Gasteiger charge is 2.28. The van der Waals surface area contributed by atoms with Crippen molar-refractivity contribution < 1.29 is 14.0 Å². The van der Waals surface area contributed by atoms with Gasteiger partial charge < -0.3 is 0 Å². The van der Waals surface area contributed by atoms with E-state index in [1.165, 1.54) is 23.1 Å². The number of likely N-dealkylation sites (tertiary alicyclic amines) is 1. The van der Waals surface area contributed by atoms with E-state index in [0.29, 0.717) is 29.4 Å². The maximum Gasteiger partial charge on any atom is 0.261 e. The Morgan fingerprint density at radius 3 is 2.75 bits per heavy atom. The first kappa shape index (κ1) is 11.3. The Balaban J connectivity index is 2.30. The summed E-state index contributed by atoms with van der Waals surface area (Å²) < 4.78 is 13.2. The first-order valence-electron chi connectivity index (χ1n) is 4.89. The van der Waals surface area contributed by atoms with Crippen LogP contribution in [0.4, 0.5) is 4.39 Å². The van der Waals surface area contributed by atoms with Crippen LogP contribution in [0.3, 0.4) is 0 Å². The summed E-state index contributed by atoms with van der Waals surface area (Å²) in [6, 6.07) is 3.81. The minimum absolute atomic E-state index is 0.166. The number of benzene rings is 1. The van der Waals surface area contributed by atoms with Gasteiger partial charge in [0.2, 0.25) is 5.91 Å². The average Bonchev–Trinajstić information content (AvgIpc) is 2.63. The molecule has 1 aromatic rings. The van der Waals surface area contributed by atoms with Crippen LogP contribution < -0.4 is 0 Å². The van der Waals surface area contributed by atoms with Crippen molar-refractivity contribution in [3.8, 4) is 0 Å². The quantitative estimate of drug-likeness (QED) is 0.743. The number of nitrogens with zero attached hydrogens (tertiary/aromatic N) is 1. The van der Waals surface area contributed by atoms with Gasteiger partial charge >= 0.3 is 0 Å². The van der Waals surface area contributed by atoms with Gasteiger partial charge in [0.15, 0.2) is 0 Å². The summed E-state index contributed by atoms with van der Waals surface area (Å²) in [6.45, 7) is 0.446. The summed E-state index contributed by atoms with van der Waals surface area (Å²) in [4.78, 5) is 24.5. The monoisotopic (exact) mass is 285 g/mol. The van der Waals surface area contributed by atoms with Gasteiger partial charge in [0.1, 0.15) is 5.82 Å². The summed E-state index contributed by atoms with van der Waals surface area (Å²) in [5.74, 6) is -0.952. The van der Waals surface area contributed by atoms with Gasteiger partial charge in [-0.05, 0) is 40.5 Å². The Labute approximate surface area is 100 Å². The van der Waals surface area contributed by atoms with Crippen LogP contribution in [-0.4, -0.2) is 23.3 Å². The molecule has 2 amide bonds. The van der Waals surface area contributed by atoms with Crippen LogP contribution in [0, 0.1) is 5.82 Å². The molecular formula is C11H9BrFNO2. The van der Waals surface area contributed by atoms with Crippen molar-refractivity contribution in [2.24, 2.45) is 0 Å². The topological polar surface area (TPSA) is 37.4 Å². The van der Waals surface area contributed by atoms with Crippen molar-refractivity contribution in [2.75, 3.05) is 6.54 Å². The van der Waals surface area contributed by atoms with Crippen molar-refractivity contribution in [1.29, 1.82) is 0 Å². The lowest BCUT2D eigenvalue weighted by Gasteiger charge is -2.14. The van der Waals surface area contributed by atoms with Crippen molar-refractivity contribution in [3.63, 3.8) is 0 Å². The zero-order valence-corrected chi connectivity index (χ0v) is 9.96. The summed E-state index contributed by atoms with van der Waals surface area (Å²) in [5, 5.41) is 0. The summed E-state index contributed by atoms with van der Waals surface area (Å²) in [6.07, 6.45) is 1.11. The number of hydrogen-bond donors (Lipinski definition) is 0. The number of imide groups is 1. The largest absolute Gasteiger partial charge is 0.278 e. The van der Waals surface area contributed by atoms with E-state index in [2.05, 4.69) is 15.9 Å². The highest BCUT2D eigenvalue weighted by molar-refractivity contribution is 9.10. The Morgan fingerprint density at radius 1 is 1.44 bits per heavy atom. The van der Waals surface area contributed by atoms with Gasteiger partial charge in [0, 0.05) is 17.4 Å². The molecule has 0 radical (unpaired) electrons. The second kappa shape index (κ2) is 4.33. The fourth-order valence-corrected chi connectivity index (χ4v) is 2.19. The molecule has 3 nitrogen and oxygen atoms in total. The molecule has 2 rings (SSSR count). The highest BCUT2D eigenvalue weighted by Crippen LogP contribution is 2.22. The SMILES string of the molecule is O=C1CCCN1C(=O)c1ccc(F)cc1Br. The van der Waals surface area contributed by atoms with E-state index in [4.69, 9.17) is 0 Å². The van der Waals surface area contributed by atoms with Gasteiger partial charge in [-0.1, -0.05) is 0 Å². The summed E-state index contributed by atoms with van der Waals surface area (Å²) in [7, 11) is 0. The number of hydrogen-bond acceptors (Lipinski definition) is 2. The standard InChI is InChI=1S/C11H9BrFNO2/c12-9-6-7(13)3-4-8(9)11(16)14-5-1-2-10(14)15/h3-4,6H,1-2,5H2. The van der Waals surface area contributed by atoms with Crippen LogP contribution >= 0.6 is 15.9 Å². The number of halogens is 2. The zero-order valence-electron chi connectivity index (χ0n) is 8.37. The maximum atomic E-state index is 12.8. The molecule has 0 atom stereocenters. The molecule has 0 spiro atoms. The average molecular weight is 286 g/mol. The smallest absolute Gasteiger partial charge is 0.261 e. The van der Waals surface area contributed by atoms with Gasteiger partial charge in [-0.15, -0.1) is 0 Å². The van der Waals surface area contributed by atoms with E-state index in [-0.39, 0.29) is 11.8 Å². The minimum Gasteiger partial charge on any atom is -0.278 e. The molecule has 0 N–H and O–H groups in total. The molecule has 0 saturated carbocycles. The fraction of sp³-hybridized carbons (Fsp3) is 0.273. The zero-order chi connectivity index (χ0) is 11.7. The molecule has 1 aliphatic rings. The fourth-order valence-electron chi connectivity index (χ4n) is 1.67. The van der Waals surface area contributed by atoms with Crippen LogP contribution in [0.15, 0.2) is 22.7 Å². The van der Waals surface area contributed by atoms with Crippen molar-refractivity contribution >= 4 is 27.7 Å². The van der Waals surface area contributed by atoms with Crippen LogP contribution in [0.2, 0.25) is 0 Å². The van der Waals surface area contributed by atoms with Crippen molar-refractivity contribution in [2.45, 2.75) is 12.8 Å².